The van der Waals surface area contributed by atoms with Crippen LogP contribution in [0.5, 0.6) is 0 Å². The first-order chi connectivity index (χ1) is 9.25. The molecule has 0 unspecified atom stereocenters. The Bertz CT molecular complexity index is 374. The van der Waals surface area contributed by atoms with E-state index in [4.69, 9.17) is 9.15 Å². The molecule has 106 valence electrons. The summed E-state index contributed by atoms with van der Waals surface area (Å²) in [5.41, 5.74) is 0.728. The molecule has 0 spiro atoms. The van der Waals surface area contributed by atoms with Crippen LogP contribution in [0.1, 0.15) is 30.9 Å². The molecule has 2 heterocycles. The van der Waals surface area contributed by atoms with Crippen LogP contribution in [0.2, 0.25) is 0 Å². The van der Waals surface area contributed by atoms with Crippen molar-refractivity contribution >= 4 is 6.03 Å². The summed E-state index contributed by atoms with van der Waals surface area (Å²) in [5, 5.41) is 15.4. The standard InChI is InChI=1S/C13H20N2O4/c16-12(10-2-6-19-9-10)1-5-14-13(17)15-11-3-7-18-8-4-11/h2,6,9,11-12,16H,1,3-5,7-8H2,(H2,14,15,17)/t12-/m1/s1. The van der Waals surface area contributed by atoms with Crippen molar-refractivity contribution < 1.29 is 19.1 Å². The minimum atomic E-state index is -0.609. The molecule has 1 saturated heterocycles. The fourth-order valence-corrected chi connectivity index (χ4v) is 2.03. The van der Waals surface area contributed by atoms with E-state index in [9.17, 15) is 9.90 Å². The second kappa shape index (κ2) is 7.16. The van der Waals surface area contributed by atoms with Crippen molar-refractivity contribution in [3.05, 3.63) is 24.2 Å². The van der Waals surface area contributed by atoms with Crippen LogP contribution in [0.25, 0.3) is 0 Å². The molecule has 2 rings (SSSR count). The molecule has 19 heavy (non-hydrogen) atoms. The second-order valence-corrected chi connectivity index (χ2v) is 4.65. The van der Waals surface area contributed by atoms with E-state index in [0.717, 1.165) is 18.4 Å². The lowest BCUT2D eigenvalue weighted by molar-refractivity contribution is 0.0800. The Kier molecular flexibility index (Phi) is 5.23. The maximum Gasteiger partial charge on any atom is 0.315 e. The Hall–Kier alpha value is -1.53. The van der Waals surface area contributed by atoms with Crippen molar-refractivity contribution in [1.29, 1.82) is 0 Å². The minimum absolute atomic E-state index is 0.188. The van der Waals surface area contributed by atoms with Gasteiger partial charge in [-0.05, 0) is 25.3 Å². The fourth-order valence-electron chi connectivity index (χ4n) is 2.03. The van der Waals surface area contributed by atoms with Gasteiger partial charge in [-0.3, -0.25) is 0 Å². The predicted octanol–water partition coefficient (Wildman–Crippen LogP) is 1.18. The van der Waals surface area contributed by atoms with E-state index in [1.54, 1.807) is 6.07 Å². The fraction of sp³-hybridized carbons (Fsp3) is 0.615. The van der Waals surface area contributed by atoms with Crippen LogP contribution < -0.4 is 10.6 Å². The first-order valence-corrected chi connectivity index (χ1v) is 6.58. The first-order valence-electron chi connectivity index (χ1n) is 6.58. The van der Waals surface area contributed by atoms with E-state index in [1.807, 2.05) is 0 Å². The van der Waals surface area contributed by atoms with Crippen LogP contribution in [0.3, 0.4) is 0 Å². The lowest BCUT2D eigenvalue weighted by Gasteiger charge is -2.23. The number of amides is 2. The monoisotopic (exact) mass is 268 g/mol. The molecular weight excluding hydrogens is 248 g/mol. The molecular formula is C13H20N2O4. The Balaban J connectivity index is 1.61. The Morgan fingerprint density at radius 1 is 1.47 bits per heavy atom. The van der Waals surface area contributed by atoms with Gasteiger partial charge in [0.1, 0.15) is 0 Å². The Morgan fingerprint density at radius 3 is 2.95 bits per heavy atom. The molecule has 0 radical (unpaired) electrons. The summed E-state index contributed by atoms with van der Waals surface area (Å²) in [7, 11) is 0. The summed E-state index contributed by atoms with van der Waals surface area (Å²) >= 11 is 0. The number of furan rings is 1. The molecule has 0 aliphatic carbocycles. The molecule has 1 fully saturated rings. The van der Waals surface area contributed by atoms with Gasteiger partial charge in [-0.2, -0.15) is 0 Å². The zero-order valence-electron chi connectivity index (χ0n) is 10.8. The van der Waals surface area contributed by atoms with Crippen molar-refractivity contribution in [2.75, 3.05) is 19.8 Å². The lowest BCUT2D eigenvalue weighted by Crippen LogP contribution is -2.44. The molecule has 0 saturated carbocycles. The summed E-state index contributed by atoms with van der Waals surface area (Å²) in [6, 6.07) is 1.71. The molecule has 1 aromatic rings. The maximum absolute atomic E-state index is 11.6. The highest BCUT2D eigenvalue weighted by Crippen LogP contribution is 2.15. The topological polar surface area (TPSA) is 83.7 Å². The highest BCUT2D eigenvalue weighted by molar-refractivity contribution is 5.74. The lowest BCUT2D eigenvalue weighted by atomic mass is 10.1. The van der Waals surface area contributed by atoms with Gasteiger partial charge < -0.3 is 24.9 Å². The molecule has 1 aliphatic rings. The summed E-state index contributed by atoms with van der Waals surface area (Å²) in [6.07, 6.45) is 4.58. The van der Waals surface area contributed by atoms with E-state index < -0.39 is 6.10 Å². The largest absolute Gasteiger partial charge is 0.472 e. The minimum Gasteiger partial charge on any atom is -0.472 e. The molecule has 1 aromatic heterocycles. The molecule has 0 bridgehead atoms. The highest BCUT2D eigenvalue weighted by atomic mass is 16.5. The zero-order valence-corrected chi connectivity index (χ0v) is 10.8. The number of rotatable bonds is 5. The van der Waals surface area contributed by atoms with Gasteiger partial charge in [0, 0.05) is 31.4 Å². The van der Waals surface area contributed by atoms with E-state index >= 15 is 0 Å². The molecule has 1 aliphatic heterocycles. The number of hydrogen-bond donors (Lipinski definition) is 3. The van der Waals surface area contributed by atoms with Gasteiger partial charge in [0.15, 0.2) is 0 Å². The van der Waals surface area contributed by atoms with Crippen LogP contribution in [0.15, 0.2) is 23.0 Å². The zero-order chi connectivity index (χ0) is 13.5. The van der Waals surface area contributed by atoms with Crippen molar-refractivity contribution in [2.45, 2.75) is 31.4 Å². The third-order valence-electron chi connectivity index (χ3n) is 3.19. The number of urea groups is 1. The average molecular weight is 268 g/mol. The van der Waals surface area contributed by atoms with Gasteiger partial charge in [0.05, 0.1) is 18.6 Å². The first kappa shape index (κ1) is 13.9. The number of hydrogen-bond acceptors (Lipinski definition) is 4. The van der Waals surface area contributed by atoms with Gasteiger partial charge in [0.2, 0.25) is 0 Å². The van der Waals surface area contributed by atoms with Crippen molar-refractivity contribution in [3.8, 4) is 0 Å². The van der Waals surface area contributed by atoms with Crippen LogP contribution in [0.4, 0.5) is 4.79 Å². The van der Waals surface area contributed by atoms with Gasteiger partial charge in [-0.1, -0.05) is 0 Å². The van der Waals surface area contributed by atoms with Crippen LogP contribution in [-0.4, -0.2) is 36.9 Å². The SMILES string of the molecule is O=C(NCC[C@@H](O)c1ccoc1)NC1CCOCC1. The van der Waals surface area contributed by atoms with Crippen molar-refractivity contribution in [1.82, 2.24) is 10.6 Å². The predicted molar refractivity (Wildman–Crippen MR) is 68.7 cm³/mol. The van der Waals surface area contributed by atoms with Crippen molar-refractivity contribution in [2.24, 2.45) is 0 Å². The summed E-state index contributed by atoms with van der Waals surface area (Å²) in [5.74, 6) is 0. The van der Waals surface area contributed by atoms with Gasteiger partial charge >= 0.3 is 6.03 Å². The van der Waals surface area contributed by atoms with E-state index in [1.165, 1.54) is 12.5 Å². The number of carbonyl (C=O) groups is 1. The van der Waals surface area contributed by atoms with E-state index in [2.05, 4.69) is 10.6 Å². The molecule has 0 aromatic carbocycles. The van der Waals surface area contributed by atoms with Crippen LogP contribution in [-0.2, 0) is 4.74 Å². The number of aliphatic hydroxyl groups excluding tert-OH is 1. The van der Waals surface area contributed by atoms with E-state index in [-0.39, 0.29) is 12.1 Å². The maximum atomic E-state index is 11.6. The third kappa shape index (κ3) is 4.57. The number of aliphatic hydroxyl groups is 1. The Morgan fingerprint density at radius 2 is 2.26 bits per heavy atom. The molecule has 3 N–H and O–H groups in total. The molecule has 1 atom stereocenters. The van der Waals surface area contributed by atoms with Gasteiger partial charge in [0.25, 0.3) is 0 Å². The van der Waals surface area contributed by atoms with Gasteiger partial charge in [-0.25, -0.2) is 4.79 Å². The number of carbonyl (C=O) groups excluding carboxylic acids is 1. The second-order valence-electron chi connectivity index (χ2n) is 4.65. The Labute approximate surface area is 112 Å². The average Bonchev–Trinajstić information content (AvgIpc) is 2.93. The van der Waals surface area contributed by atoms with Gasteiger partial charge in [-0.15, -0.1) is 0 Å². The normalized spacial score (nSPS) is 17.9. The molecule has 6 heteroatoms. The molecule has 2 amide bonds. The smallest absolute Gasteiger partial charge is 0.315 e. The van der Waals surface area contributed by atoms with E-state index in [0.29, 0.717) is 26.2 Å². The number of nitrogens with one attached hydrogen (secondary N) is 2. The summed E-state index contributed by atoms with van der Waals surface area (Å²) in [6.45, 7) is 1.82. The summed E-state index contributed by atoms with van der Waals surface area (Å²) in [4.78, 5) is 11.6. The van der Waals surface area contributed by atoms with Crippen LogP contribution in [0, 0.1) is 0 Å². The summed E-state index contributed by atoms with van der Waals surface area (Å²) < 4.78 is 10.1. The quantitative estimate of drug-likeness (QED) is 0.748. The van der Waals surface area contributed by atoms with Crippen molar-refractivity contribution in [3.63, 3.8) is 0 Å². The molecule has 6 nitrogen and oxygen atoms in total. The highest BCUT2D eigenvalue weighted by Gasteiger charge is 2.16. The van der Waals surface area contributed by atoms with Crippen LogP contribution >= 0.6 is 0 Å². The third-order valence-corrected chi connectivity index (χ3v) is 3.19. The number of ether oxygens (including phenoxy) is 1.